The van der Waals surface area contributed by atoms with Crippen LogP contribution in [0.15, 0.2) is 5.10 Å². The van der Waals surface area contributed by atoms with Gasteiger partial charge >= 0.3 is 0 Å². The van der Waals surface area contributed by atoms with Crippen LogP contribution in [0, 0.1) is 0 Å². The molecule has 60 valence electrons. The molecule has 0 saturated carbocycles. The SMILES string of the molecule is CCC(C)=NNC(C)CC. The summed E-state index contributed by atoms with van der Waals surface area (Å²) in [6, 6.07) is 0.501. The van der Waals surface area contributed by atoms with Gasteiger partial charge in [-0.2, -0.15) is 5.10 Å². The highest BCUT2D eigenvalue weighted by atomic mass is 15.3. The molecule has 0 aliphatic heterocycles. The average Bonchev–Trinajstić information content (AvgIpc) is 1.99. The van der Waals surface area contributed by atoms with E-state index in [1.807, 2.05) is 6.92 Å². The molecule has 0 radical (unpaired) electrons. The number of rotatable bonds is 4. The Morgan fingerprint density at radius 2 is 2.10 bits per heavy atom. The van der Waals surface area contributed by atoms with E-state index in [2.05, 4.69) is 31.3 Å². The van der Waals surface area contributed by atoms with Crippen LogP contribution in [0.25, 0.3) is 0 Å². The zero-order valence-electron chi connectivity index (χ0n) is 7.44. The lowest BCUT2D eigenvalue weighted by Crippen LogP contribution is -2.20. The molecule has 0 amide bonds. The van der Waals surface area contributed by atoms with Gasteiger partial charge < -0.3 is 5.43 Å². The van der Waals surface area contributed by atoms with Gasteiger partial charge in [0.25, 0.3) is 0 Å². The van der Waals surface area contributed by atoms with E-state index in [-0.39, 0.29) is 0 Å². The number of nitrogens with zero attached hydrogens (tertiary/aromatic N) is 1. The van der Waals surface area contributed by atoms with Crippen molar-refractivity contribution in [2.45, 2.75) is 46.6 Å². The van der Waals surface area contributed by atoms with E-state index in [0.29, 0.717) is 6.04 Å². The Morgan fingerprint density at radius 3 is 2.50 bits per heavy atom. The minimum Gasteiger partial charge on any atom is -0.307 e. The Morgan fingerprint density at radius 1 is 1.50 bits per heavy atom. The topological polar surface area (TPSA) is 24.4 Å². The van der Waals surface area contributed by atoms with Crippen LogP contribution in [0.3, 0.4) is 0 Å². The number of hydrogen-bond donors (Lipinski definition) is 1. The van der Waals surface area contributed by atoms with Crippen molar-refractivity contribution in [1.82, 2.24) is 5.43 Å². The highest BCUT2D eigenvalue weighted by Gasteiger charge is 1.92. The van der Waals surface area contributed by atoms with Crippen molar-refractivity contribution >= 4 is 5.71 Å². The van der Waals surface area contributed by atoms with Crippen molar-refractivity contribution in [1.29, 1.82) is 0 Å². The van der Waals surface area contributed by atoms with Crippen molar-refractivity contribution in [3.8, 4) is 0 Å². The molecule has 1 atom stereocenters. The highest BCUT2D eigenvalue weighted by Crippen LogP contribution is 1.88. The fourth-order valence-electron chi connectivity index (χ4n) is 0.391. The molecule has 0 aromatic heterocycles. The Hall–Kier alpha value is -0.530. The second-order valence-electron chi connectivity index (χ2n) is 2.64. The molecule has 2 heteroatoms. The summed E-state index contributed by atoms with van der Waals surface area (Å²) < 4.78 is 0. The smallest absolute Gasteiger partial charge is 0.0409 e. The van der Waals surface area contributed by atoms with Crippen LogP contribution in [0.2, 0.25) is 0 Å². The van der Waals surface area contributed by atoms with E-state index in [9.17, 15) is 0 Å². The van der Waals surface area contributed by atoms with Crippen LogP contribution in [-0.4, -0.2) is 11.8 Å². The normalized spacial score (nSPS) is 15.0. The molecule has 0 aliphatic carbocycles. The monoisotopic (exact) mass is 142 g/mol. The fourth-order valence-corrected chi connectivity index (χ4v) is 0.391. The first-order valence-corrected chi connectivity index (χ1v) is 3.99. The third-order valence-electron chi connectivity index (χ3n) is 1.60. The lowest BCUT2D eigenvalue weighted by molar-refractivity contribution is 0.556. The van der Waals surface area contributed by atoms with Gasteiger partial charge in [0, 0.05) is 11.8 Å². The Bertz CT molecular complexity index is 108. The Balaban J connectivity index is 3.50. The summed E-state index contributed by atoms with van der Waals surface area (Å²) in [6.07, 6.45) is 2.16. The number of hydrazone groups is 1. The third kappa shape index (κ3) is 4.36. The van der Waals surface area contributed by atoms with Crippen LogP contribution in [-0.2, 0) is 0 Å². The molecule has 0 saturated heterocycles. The number of nitrogens with one attached hydrogen (secondary N) is 1. The molecule has 0 bridgehead atoms. The lowest BCUT2D eigenvalue weighted by atomic mass is 10.3. The fraction of sp³-hybridized carbons (Fsp3) is 0.875. The van der Waals surface area contributed by atoms with Crippen molar-refractivity contribution in [3.05, 3.63) is 0 Å². The molecule has 0 rings (SSSR count). The van der Waals surface area contributed by atoms with Gasteiger partial charge in [-0.1, -0.05) is 13.8 Å². The molecule has 0 spiro atoms. The molecule has 0 fully saturated rings. The zero-order chi connectivity index (χ0) is 7.98. The van der Waals surface area contributed by atoms with Crippen LogP contribution in [0.5, 0.6) is 0 Å². The third-order valence-corrected chi connectivity index (χ3v) is 1.60. The summed E-state index contributed by atoms with van der Waals surface area (Å²) in [7, 11) is 0. The zero-order valence-corrected chi connectivity index (χ0v) is 7.44. The van der Waals surface area contributed by atoms with Crippen LogP contribution in [0.1, 0.15) is 40.5 Å². The molecule has 1 N–H and O–H groups in total. The molecular formula is C8H18N2. The predicted molar refractivity (Wildman–Crippen MR) is 46.3 cm³/mol. The van der Waals surface area contributed by atoms with Crippen molar-refractivity contribution in [3.63, 3.8) is 0 Å². The molecule has 0 aliphatic rings. The molecular weight excluding hydrogens is 124 g/mol. The van der Waals surface area contributed by atoms with Gasteiger partial charge in [0.15, 0.2) is 0 Å². The minimum absolute atomic E-state index is 0.501. The van der Waals surface area contributed by atoms with Crippen molar-refractivity contribution in [2.75, 3.05) is 0 Å². The summed E-state index contributed by atoms with van der Waals surface area (Å²) >= 11 is 0. The van der Waals surface area contributed by atoms with Crippen LogP contribution < -0.4 is 5.43 Å². The van der Waals surface area contributed by atoms with Gasteiger partial charge in [0.05, 0.1) is 0 Å². The molecule has 2 nitrogen and oxygen atoms in total. The molecule has 10 heavy (non-hydrogen) atoms. The summed E-state index contributed by atoms with van der Waals surface area (Å²) in [6.45, 7) is 8.42. The molecule has 0 aromatic carbocycles. The van der Waals surface area contributed by atoms with E-state index >= 15 is 0 Å². The van der Waals surface area contributed by atoms with Crippen LogP contribution in [0.4, 0.5) is 0 Å². The minimum atomic E-state index is 0.501. The molecule has 0 aromatic rings. The first kappa shape index (κ1) is 9.47. The van der Waals surface area contributed by atoms with Gasteiger partial charge in [-0.05, 0) is 26.7 Å². The standard InChI is InChI=1S/C8H18N2/c1-5-7(3)9-10-8(4)6-2/h7,9H,5-6H2,1-4H3. The summed E-state index contributed by atoms with van der Waals surface area (Å²) in [4.78, 5) is 0. The second kappa shape index (κ2) is 5.27. The summed E-state index contributed by atoms with van der Waals surface area (Å²) in [5, 5.41) is 4.18. The maximum absolute atomic E-state index is 4.18. The van der Waals surface area contributed by atoms with E-state index in [1.54, 1.807) is 0 Å². The van der Waals surface area contributed by atoms with Crippen LogP contribution >= 0.6 is 0 Å². The van der Waals surface area contributed by atoms with Crippen molar-refractivity contribution < 1.29 is 0 Å². The van der Waals surface area contributed by atoms with E-state index in [4.69, 9.17) is 0 Å². The second-order valence-corrected chi connectivity index (χ2v) is 2.64. The van der Waals surface area contributed by atoms with Gasteiger partial charge in [-0.15, -0.1) is 0 Å². The van der Waals surface area contributed by atoms with Gasteiger partial charge in [-0.3, -0.25) is 0 Å². The van der Waals surface area contributed by atoms with Gasteiger partial charge in [0.2, 0.25) is 0 Å². The lowest BCUT2D eigenvalue weighted by Gasteiger charge is -2.07. The summed E-state index contributed by atoms with van der Waals surface area (Å²) in [5.41, 5.74) is 4.24. The number of hydrogen-bond acceptors (Lipinski definition) is 2. The largest absolute Gasteiger partial charge is 0.307 e. The van der Waals surface area contributed by atoms with E-state index < -0.39 is 0 Å². The maximum Gasteiger partial charge on any atom is 0.0409 e. The molecule has 1 unspecified atom stereocenters. The maximum atomic E-state index is 4.18. The average molecular weight is 142 g/mol. The Kier molecular flexibility index (Phi) is 4.99. The quantitative estimate of drug-likeness (QED) is 0.472. The van der Waals surface area contributed by atoms with Crippen molar-refractivity contribution in [2.24, 2.45) is 5.10 Å². The highest BCUT2D eigenvalue weighted by molar-refractivity contribution is 5.81. The Labute approximate surface area is 63.7 Å². The van der Waals surface area contributed by atoms with Gasteiger partial charge in [0.1, 0.15) is 0 Å². The first-order valence-electron chi connectivity index (χ1n) is 3.99. The first-order chi connectivity index (χ1) is 4.70. The van der Waals surface area contributed by atoms with E-state index in [1.165, 1.54) is 5.71 Å². The molecule has 0 heterocycles. The van der Waals surface area contributed by atoms with Gasteiger partial charge in [-0.25, -0.2) is 0 Å². The van der Waals surface area contributed by atoms with E-state index in [0.717, 1.165) is 12.8 Å². The predicted octanol–water partition coefficient (Wildman–Crippen LogP) is 2.16. The summed E-state index contributed by atoms with van der Waals surface area (Å²) in [5.74, 6) is 0.